The molecular weight excluding hydrogens is 260 g/mol. The Labute approximate surface area is 96.7 Å². The first kappa shape index (κ1) is 10.7. The maximum Gasteiger partial charge on any atom is 0.276 e. The molecule has 0 radical (unpaired) electrons. The molecule has 82 valence electrons. The zero-order chi connectivity index (χ0) is 10.9. The van der Waals surface area contributed by atoms with Crippen molar-refractivity contribution in [3.05, 3.63) is 18.0 Å². The summed E-state index contributed by atoms with van der Waals surface area (Å²) >= 11 is 3.49. The van der Waals surface area contributed by atoms with E-state index in [0.717, 1.165) is 24.8 Å². The van der Waals surface area contributed by atoms with Crippen LogP contribution >= 0.6 is 15.9 Å². The Balaban J connectivity index is 2.06. The highest BCUT2D eigenvalue weighted by Gasteiger charge is 2.35. The average molecular weight is 273 g/mol. The number of carbonyl (C=O) groups is 1. The molecule has 1 fully saturated rings. The molecule has 0 bridgehead atoms. The normalized spacial score (nSPS) is 25.9. The van der Waals surface area contributed by atoms with Crippen LogP contribution in [0, 0.1) is 5.41 Å². The molecule has 4 nitrogen and oxygen atoms in total. The predicted octanol–water partition coefficient (Wildman–Crippen LogP) is 1.92. The number of carbonyl (C=O) groups excluding carboxylic acids is 1. The van der Waals surface area contributed by atoms with E-state index in [1.807, 2.05) is 4.90 Å². The van der Waals surface area contributed by atoms with Crippen LogP contribution in [0.2, 0.25) is 0 Å². The molecule has 0 saturated carbocycles. The highest BCUT2D eigenvalue weighted by Crippen LogP contribution is 2.32. The lowest BCUT2D eigenvalue weighted by molar-refractivity contribution is 0.0769. The summed E-state index contributed by atoms with van der Waals surface area (Å²) in [5, 5.41) is 4.58. The monoisotopic (exact) mass is 272 g/mol. The van der Waals surface area contributed by atoms with Gasteiger partial charge in [0.2, 0.25) is 0 Å². The molecule has 0 spiro atoms. The smallest absolute Gasteiger partial charge is 0.276 e. The Hall–Kier alpha value is -0.840. The summed E-state index contributed by atoms with van der Waals surface area (Å²) in [4.78, 5) is 13.7. The third-order valence-corrected chi connectivity index (χ3v) is 4.18. The number of likely N-dealkylation sites (tertiary alicyclic amines) is 1. The van der Waals surface area contributed by atoms with Gasteiger partial charge in [-0.2, -0.15) is 0 Å². The highest BCUT2D eigenvalue weighted by atomic mass is 79.9. The molecule has 0 aromatic carbocycles. The van der Waals surface area contributed by atoms with E-state index < -0.39 is 0 Å². The molecule has 1 aliphatic rings. The van der Waals surface area contributed by atoms with Crippen LogP contribution in [-0.4, -0.2) is 34.4 Å². The van der Waals surface area contributed by atoms with Crippen LogP contribution in [0.1, 0.15) is 23.8 Å². The fourth-order valence-corrected chi connectivity index (χ4v) is 2.25. The molecule has 1 aliphatic heterocycles. The maximum atomic E-state index is 11.9. The van der Waals surface area contributed by atoms with Gasteiger partial charge >= 0.3 is 0 Å². The number of aromatic nitrogens is 1. The van der Waals surface area contributed by atoms with E-state index in [1.54, 1.807) is 6.07 Å². The van der Waals surface area contributed by atoms with Crippen molar-refractivity contribution in [3.63, 3.8) is 0 Å². The zero-order valence-electron chi connectivity index (χ0n) is 8.57. The Morgan fingerprint density at radius 1 is 1.80 bits per heavy atom. The summed E-state index contributed by atoms with van der Waals surface area (Å²) in [6, 6.07) is 1.60. The average Bonchev–Trinajstić information content (AvgIpc) is 2.86. The van der Waals surface area contributed by atoms with E-state index in [9.17, 15) is 4.79 Å². The number of alkyl halides is 1. The van der Waals surface area contributed by atoms with Crippen LogP contribution in [0.15, 0.2) is 16.9 Å². The molecule has 2 rings (SSSR count). The van der Waals surface area contributed by atoms with Crippen LogP contribution in [0.4, 0.5) is 0 Å². The van der Waals surface area contributed by atoms with Gasteiger partial charge in [0.05, 0.1) is 0 Å². The van der Waals surface area contributed by atoms with Crippen LogP contribution in [0.25, 0.3) is 0 Å². The molecule has 1 amide bonds. The number of rotatable bonds is 2. The first-order valence-corrected chi connectivity index (χ1v) is 6.02. The maximum absolute atomic E-state index is 11.9. The summed E-state index contributed by atoms with van der Waals surface area (Å²) in [5.41, 5.74) is 0.591. The molecule has 1 unspecified atom stereocenters. The molecule has 15 heavy (non-hydrogen) atoms. The van der Waals surface area contributed by atoms with E-state index in [1.165, 1.54) is 6.26 Å². The Morgan fingerprint density at radius 3 is 3.13 bits per heavy atom. The highest BCUT2D eigenvalue weighted by molar-refractivity contribution is 9.09. The van der Waals surface area contributed by atoms with Crippen molar-refractivity contribution in [3.8, 4) is 0 Å². The summed E-state index contributed by atoms with van der Waals surface area (Å²) in [5.74, 6) is -0.0339. The Bertz CT molecular complexity index is 352. The minimum Gasteiger partial charge on any atom is -0.364 e. The SMILES string of the molecule is CC1(CBr)CCN(C(=O)c2ccon2)C1. The largest absolute Gasteiger partial charge is 0.364 e. The predicted molar refractivity (Wildman–Crippen MR) is 58.9 cm³/mol. The van der Waals surface area contributed by atoms with Crippen LogP contribution < -0.4 is 0 Å². The van der Waals surface area contributed by atoms with Crippen molar-refractivity contribution < 1.29 is 9.32 Å². The van der Waals surface area contributed by atoms with Crippen molar-refractivity contribution in [1.82, 2.24) is 10.1 Å². The molecule has 2 heterocycles. The van der Waals surface area contributed by atoms with Crippen molar-refractivity contribution >= 4 is 21.8 Å². The van der Waals surface area contributed by atoms with Gasteiger partial charge in [-0.05, 0) is 11.8 Å². The van der Waals surface area contributed by atoms with Crippen molar-refractivity contribution in [1.29, 1.82) is 0 Å². The fourth-order valence-electron chi connectivity index (χ4n) is 1.79. The van der Waals surface area contributed by atoms with Gasteiger partial charge in [0, 0.05) is 24.5 Å². The lowest BCUT2D eigenvalue weighted by Crippen LogP contribution is -2.31. The topological polar surface area (TPSA) is 46.3 Å². The number of halogens is 1. The zero-order valence-corrected chi connectivity index (χ0v) is 10.2. The van der Waals surface area contributed by atoms with Crippen molar-refractivity contribution in [2.75, 3.05) is 18.4 Å². The van der Waals surface area contributed by atoms with Gasteiger partial charge in [-0.15, -0.1) is 0 Å². The van der Waals surface area contributed by atoms with Gasteiger partial charge in [-0.25, -0.2) is 0 Å². The molecular formula is C10H13BrN2O2. The molecule has 1 aromatic heterocycles. The first-order chi connectivity index (χ1) is 7.14. The van der Waals surface area contributed by atoms with Crippen LogP contribution in [0.5, 0.6) is 0 Å². The van der Waals surface area contributed by atoms with Crippen molar-refractivity contribution in [2.45, 2.75) is 13.3 Å². The van der Waals surface area contributed by atoms with Crippen LogP contribution in [-0.2, 0) is 0 Å². The number of nitrogens with zero attached hydrogens (tertiary/aromatic N) is 2. The van der Waals surface area contributed by atoms with Gasteiger partial charge in [0.15, 0.2) is 5.69 Å². The summed E-state index contributed by atoms with van der Waals surface area (Å²) in [6.45, 7) is 3.76. The van der Waals surface area contributed by atoms with Gasteiger partial charge in [-0.3, -0.25) is 4.79 Å². The lowest BCUT2D eigenvalue weighted by Gasteiger charge is -2.21. The Kier molecular flexibility index (Phi) is 2.82. The molecule has 1 aromatic rings. The minimum absolute atomic E-state index is 0.0339. The number of hydrogen-bond acceptors (Lipinski definition) is 3. The standard InChI is InChI=1S/C10H13BrN2O2/c1-10(6-11)3-4-13(7-10)9(14)8-2-5-15-12-8/h2,5H,3-4,6-7H2,1H3. The second-order valence-electron chi connectivity index (χ2n) is 4.31. The lowest BCUT2D eigenvalue weighted by atomic mass is 9.93. The fraction of sp³-hybridized carbons (Fsp3) is 0.600. The van der Waals surface area contributed by atoms with Crippen LogP contribution in [0.3, 0.4) is 0 Å². The van der Waals surface area contributed by atoms with E-state index in [2.05, 4.69) is 32.5 Å². The number of amides is 1. The van der Waals surface area contributed by atoms with Gasteiger partial charge in [-0.1, -0.05) is 28.0 Å². The summed E-state index contributed by atoms with van der Waals surface area (Å²) < 4.78 is 4.67. The minimum atomic E-state index is -0.0339. The number of hydrogen-bond donors (Lipinski definition) is 0. The molecule has 1 saturated heterocycles. The first-order valence-electron chi connectivity index (χ1n) is 4.90. The van der Waals surface area contributed by atoms with Crippen molar-refractivity contribution in [2.24, 2.45) is 5.41 Å². The van der Waals surface area contributed by atoms with Gasteiger partial charge in [0.1, 0.15) is 6.26 Å². The third kappa shape index (κ3) is 2.07. The van der Waals surface area contributed by atoms with Gasteiger partial charge in [0.25, 0.3) is 5.91 Å². The van der Waals surface area contributed by atoms with E-state index in [4.69, 9.17) is 0 Å². The Morgan fingerprint density at radius 2 is 2.60 bits per heavy atom. The van der Waals surface area contributed by atoms with E-state index in [-0.39, 0.29) is 11.3 Å². The second-order valence-corrected chi connectivity index (χ2v) is 4.87. The van der Waals surface area contributed by atoms with E-state index >= 15 is 0 Å². The quantitative estimate of drug-likeness (QED) is 0.773. The molecule has 1 atom stereocenters. The van der Waals surface area contributed by atoms with Gasteiger partial charge < -0.3 is 9.42 Å². The summed E-state index contributed by atoms with van der Waals surface area (Å²) in [6.07, 6.45) is 2.45. The summed E-state index contributed by atoms with van der Waals surface area (Å²) in [7, 11) is 0. The second kappa shape index (κ2) is 3.96. The molecule has 5 heteroatoms. The van der Waals surface area contributed by atoms with E-state index in [0.29, 0.717) is 5.69 Å². The third-order valence-electron chi connectivity index (χ3n) is 2.82. The molecule has 0 aliphatic carbocycles. The molecule has 0 N–H and O–H groups in total.